The highest BCUT2D eigenvalue weighted by Crippen LogP contribution is 2.19. The van der Waals surface area contributed by atoms with Crippen molar-refractivity contribution in [3.8, 4) is 0 Å². The van der Waals surface area contributed by atoms with E-state index in [-0.39, 0.29) is 30.2 Å². The molecule has 0 spiro atoms. The van der Waals surface area contributed by atoms with Gasteiger partial charge in [-0.3, -0.25) is 14.4 Å². The van der Waals surface area contributed by atoms with Crippen LogP contribution in [0, 0.1) is 5.92 Å². The topological polar surface area (TPSA) is 103 Å². The molecule has 158 valence electrons. The summed E-state index contributed by atoms with van der Waals surface area (Å²) in [4.78, 5) is 40.8. The van der Waals surface area contributed by atoms with E-state index < -0.39 is 6.04 Å². The van der Waals surface area contributed by atoms with Gasteiger partial charge in [-0.15, -0.1) is 11.3 Å². The maximum atomic E-state index is 12.8. The zero-order chi connectivity index (χ0) is 21.5. The summed E-state index contributed by atoms with van der Waals surface area (Å²) in [5.41, 5.74) is 1.93. The van der Waals surface area contributed by atoms with E-state index in [9.17, 15) is 14.4 Å². The number of rotatable bonds is 9. The molecule has 1 atom stereocenters. The first-order valence-electron chi connectivity index (χ1n) is 9.90. The molecule has 7 nitrogen and oxygen atoms in total. The molecule has 8 heteroatoms. The number of hydrogen-bond donors (Lipinski definition) is 4. The maximum Gasteiger partial charge on any atom is 0.262 e. The molecule has 1 unspecified atom stereocenters. The molecule has 2 heterocycles. The highest BCUT2D eigenvalue weighted by molar-refractivity contribution is 7.12. The smallest absolute Gasteiger partial charge is 0.262 e. The summed E-state index contributed by atoms with van der Waals surface area (Å²) < 4.78 is 0. The van der Waals surface area contributed by atoms with Gasteiger partial charge in [0.2, 0.25) is 11.8 Å². The minimum absolute atomic E-state index is 0.0643. The number of carbonyl (C=O) groups is 3. The average molecular weight is 427 g/mol. The molecule has 0 fully saturated rings. The summed E-state index contributed by atoms with van der Waals surface area (Å²) >= 11 is 1.33. The highest BCUT2D eigenvalue weighted by atomic mass is 32.1. The van der Waals surface area contributed by atoms with Gasteiger partial charge in [0, 0.05) is 42.5 Å². The normalized spacial score (nSPS) is 12.0. The number of nitrogens with one attached hydrogen (secondary N) is 4. The van der Waals surface area contributed by atoms with Crippen molar-refractivity contribution in [1.29, 1.82) is 0 Å². The van der Waals surface area contributed by atoms with Crippen LogP contribution in [0.15, 0.2) is 48.0 Å². The van der Waals surface area contributed by atoms with E-state index in [0.717, 1.165) is 16.5 Å². The Labute approximate surface area is 179 Å². The summed E-state index contributed by atoms with van der Waals surface area (Å²) in [6.45, 7) is 4.24. The van der Waals surface area contributed by atoms with Crippen LogP contribution in [0.1, 0.15) is 29.1 Å². The first-order chi connectivity index (χ1) is 14.5. The van der Waals surface area contributed by atoms with Gasteiger partial charge in [0.15, 0.2) is 0 Å². The first-order valence-corrected chi connectivity index (χ1v) is 10.8. The summed E-state index contributed by atoms with van der Waals surface area (Å²) in [5.74, 6) is -0.743. The van der Waals surface area contributed by atoms with Crippen molar-refractivity contribution in [1.82, 2.24) is 20.9 Å². The van der Waals surface area contributed by atoms with Crippen molar-refractivity contribution in [2.45, 2.75) is 26.3 Å². The number of benzene rings is 1. The van der Waals surface area contributed by atoms with Gasteiger partial charge in [-0.1, -0.05) is 38.1 Å². The predicted octanol–water partition coefficient (Wildman–Crippen LogP) is 2.46. The Morgan fingerprint density at radius 2 is 1.73 bits per heavy atom. The van der Waals surface area contributed by atoms with Gasteiger partial charge in [-0.25, -0.2) is 0 Å². The third-order valence-electron chi connectivity index (χ3n) is 4.71. The van der Waals surface area contributed by atoms with Crippen LogP contribution in [0.4, 0.5) is 0 Å². The SMILES string of the molecule is CC(C)C(=O)NCCNC(=O)C(Cc1c[nH]c2ccccc12)NC(=O)c1cccs1. The van der Waals surface area contributed by atoms with Gasteiger partial charge in [-0.05, 0) is 23.1 Å². The molecule has 0 aliphatic carbocycles. The molecule has 4 N–H and O–H groups in total. The number of H-pyrrole nitrogens is 1. The number of aromatic amines is 1. The summed E-state index contributed by atoms with van der Waals surface area (Å²) in [6, 6.07) is 10.6. The lowest BCUT2D eigenvalue weighted by atomic mass is 10.0. The van der Waals surface area contributed by atoms with Crippen LogP contribution < -0.4 is 16.0 Å². The summed E-state index contributed by atoms with van der Waals surface area (Å²) in [7, 11) is 0. The number of thiophene rings is 1. The van der Waals surface area contributed by atoms with E-state index in [4.69, 9.17) is 0 Å². The Morgan fingerprint density at radius 1 is 1.00 bits per heavy atom. The fourth-order valence-corrected chi connectivity index (χ4v) is 3.69. The predicted molar refractivity (Wildman–Crippen MR) is 118 cm³/mol. The Bertz CT molecular complexity index is 1010. The van der Waals surface area contributed by atoms with Crippen LogP contribution in [0.25, 0.3) is 10.9 Å². The van der Waals surface area contributed by atoms with Gasteiger partial charge in [-0.2, -0.15) is 0 Å². The molecule has 0 saturated heterocycles. The Kier molecular flexibility index (Phi) is 7.24. The summed E-state index contributed by atoms with van der Waals surface area (Å²) in [6.07, 6.45) is 2.22. The molecule has 0 aliphatic rings. The molecule has 0 radical (unpaired) electrons. The molecule has 0 saturated carbocycles. The van der Waals surface area contributed by atoms with Gasteiger partial charge in [0.05, 0.1) is 4.88 Å². The first kappa shape index (κ1) is 21.6. The molecule has 2 aromatic heterocycles. The van der Waals surface area contributed by atoms with Crippen LogP contribution in [0.3, 0.4) is 0 Å². The second-order valence-electron chi connectivity index (χ2n) is 7.30. The monoisotopic (exact) mass is 426 g/mol. The van der Waals surface area contributed by atoms with Crippen LogP contribution in [-0.4, -0.2) is 41.8 Å². The Morgan fingerprint density at radius 3 is 2.43 bits per heavy atom. The molecule has 3 rings (SSSR count). The van der Waals surface area contributed by atoms with E-state index in [2.05, 4.69) is 20.9 Å². The summed E-state index contributed by atoms with van der Waals surface area (Å²) in [5, 5.41) is 11.3. The van der Waals surface area contributed by atoms with Gasteiger partial charge in [0.25, 0.3) is 5.91 Å². The maximum absolute atomic E-state index is 12.8. The minimum Gasteiger partial charge on any atom is -0.361 e. The average Bonchev–Trinajstić information content (AvgIpc) is 3.41. The lowest BCUT2D eigenvalue weighted by molar-refractivity contribution is -0.125. The van der Waals surface area contributed by atoms with Crippen LogP contribution >= 0.6 is 11.3 Å². The second-order valence-corrected chi connectivity index (χ2v) is 8.25. The third kappa shape index (κ3) is 5.48. The molecule has 1 aromatic carbocycles. The van der Waals surface area contributed by atoms with Crippen LogP contribution in [0.2, 0.25) is 0 Å². The second kappa shape index (κ2) is 10.1. The molecule has 3 aromatic rings. The lowest BCUT2D eigenvalue weighted by Crippen LogP contribution is -2.49. The quantitative estimate of drug-likeness (QED) is 0.395. The molecular formula is C22H26N4O3S. The van der Waals surface area contributed by atoms with Crippen molar-refractivity contribution < 1.29 is 14.4 Å². The third-order valence-corrected chi connectivity index (χ3v) is 5.58. The number of fused-ring (bicyclic) bond motifs is 1. The lowest BCUT2D eigenvalue weighted by Gasteiger charge is -2.18. The van der Waals surface area contributed by atoms with Gasteiger partial charge < -0.3 is 20.9 Å². The van der Waals surface area contributed by atoms with Crippen molar-refractivity contribution in [3.05, 3.63) is 58.4 Å². The molecule has 0 bridgehead atoms. The zero-order valence-electron chi connectivity index (χ0n) is 17.0. The highest BCUT2D eigenvalue weighted by Gasteiger charge is 2.23. The van der Waals surface area contributed by atoms with E-state index in [1.165, 1.54) is 11.3 Å². The standard InChI is InChI=1S/C22H26N4O3S/c1-14(2)20(27)23-9-10-24-21(28)18(26-22(29)19-8-5-11-30-19)12-15-13-25-17-7-4-3-6-16(15)17/h3-8,11,13-14,18,25H,9-10,12H2,1-2H3,(H,23,27)(H,24,28)(H,26,29). The largest absolute Gasteiger partial charge is 0.361 e. The van der Waals surface area contributed by atoms with Gasteiger partial charge >= 0.3 is 0 Å². The number of para-hydroxylation sites is 1. The molecule has 0 aliphatic heterocycles. The Hall–Kier alpha value is -3.13. The Balaban J connectivity index is 1.68. The van der Waals surface area contributed by atoms with Crippen molar-refractivity contribution in [2.24, 2.45) is 5.92 Å². The van der Waals surface area contributed by atoms with E-state index in [1.807, 2.05) is 49.7 Å². The fraction of sp³-hybridized carbons (Fsp3) is 0.318. The number of carbonyl (C=O) groups excluding carboxylic acids is 3. The van der Waals surface area contributed by atoms with Crippen molar-refractivity contribution in [3.63, 3.8) is 0 Å². The van der Waals surface area contributed by atoms with E-state index in [1.54, 1.807) is 12.1 Å². The minimum atomic E-state index is -0.736. The van der Waals surface area contributed by atoms with Crippen LogP contribution in [-0.2, 0) is 16.0 Å². The number of hydrogen-bond acceptors (Lipinski definition) is 4. The molecule has 3 amide bonds. The zero-order valence-corrected chi connectivity index (χ0v) is 17.8. The number of aromatic nitrogens is 1. The van der Waals surface area contributed by atoms with E-state index in [0.29, 0.717) is 17.8 Å². The van der Waals surface area contributed by atoms with Crippen LogP contribution in [0.5, 0.6) is 0 Å². The molecule has 30 heavy (non-hydrogen) atoms. The van der Waals surface area contributed by atoms with Crippen molar-refractivity contribution >= 4 is 40.0 Å². The van der Waals surface area contributed by atoms with Crippen molar-refractivity contribution in [2.75, 3.05) is 13.1 Å². The fourth-order valence-electron chi connectivity index (χ4n) is 3.07. The van der Waals surface area contributed by atoms with E-state index >= 15 is 0 Å². The van der Waals surface area contributed by atoms with Gasteiger partial charge in [0.1, 0.15) is 6.04 Å². The number of amides is 3. The molecular weight excluding hydrogens is 400 g/mol.